The number of aromatic nitrogens is 1. The molecule has 2 N–H and O–H groups in total. The quantitative estimate of drug-likeness (QED) is 0.241. The van der Waals surface area contributed by atoms with Crippen molar-refractivity contribution in [2.45, 2.75) is 49.5 Å². The van der Waals surface area contributed by atoms with Crippen molar-refractivity contribution in [2.24, 2.45) is 0 Å². The molecule has 0 bridgehead atoms. The molecule has 0 saturated heterocycles. The van der Waals surface area contributed by atoms with Crippen LogP contribution in [0.4, 0.5) is 13.2 Å². The van der Waals surface area contributed by atoms with Crippen molar-refractivity contribution < 1.29 is 23.1 Å². The van der Waals surface area contributed by atoms with Gasteiger partial charge in [-0.25, -0.2) is 0 Å². The molecule has 1 unspecified atom stereocenters. The van der Waals surface area contributed by atoms with E-state index < -0.39 is 17.8 Å². The van der Waals surface area contributed by atoms with Gasteiger partial charge < -0.3 is 15.0 Å². The minimum Gasteiger partial charge on any atom is -0.382 e. The van der Waals surface area contributed by atoms with E-state index in [0.29, 0.717) is 23.4 Å². The van der Waals surface area contributed by atoms with Crippen LogP contribution >= 0.6 is 11.8 Å². The number of halogens is 3. The zero-order chi connectivity index (χ0) is 26.2. The lowest BCUT2D eigenvalue weighted by Gasteiger charge is -2.16. The first-order valence-corrected chi connectivity index (χ1v) is 13.2. The first-order valence-electron chi connectivity index (χ1n) is 12.2. The third-order valence-electron chi connectivity index (χ3n) is 6.56. The number of aliphatic hydroxyl groups is 1. The maximum absolute atomic E-state index is 13.0. The van der Waals surface area contributed by atoms with E-state index in [1.807, 2.05) is 36.4 Å². The Hall–Kier alpha value is -3.23. The largest absolute Gasteiger partial charge is 0.416 e. The summed E-state index contributed by atoms with van der Waals surface area (Å²) in [5, 5.41) is 14.9. The Morgan fingerprint density at radius 3 is 2.38 bits per heavy atom. The predicted octanol–water partition coefficient (Wildman–Crippen LogP) is 7.12. The number of alkyl halides is 3. The first-order chi connectivity index (χ1) is 17.7. The number of nitrogens with zero attached hydrogens (tertiary/aromatic N) is 1. The van der Waals surface area contributed by atoms with E-state index in [1.54, 1.807) is 23.9 Å². The predicted molar refractivity (Wildman–Crippen MR) is 140 cm³/mol. The lowest BCUT2D eigenvalue weighted by Crippen LogP contribution is -2.22. The van der Waals surface area contributed by atoms with Crippen LogP contribution in [0.5, 0.6) is 0 Å². The van der Waals surface area contributed by atoms with E-state index >= 15 is 0 Å². The molecule has 37 heavy (non-hydrogen) atoms. The minimum atomic E-state index is -4.43. The number of hydrogen-bond acceptors (Lipinski definition) is 3. The monoisotopic (exact) mass is 524 g/mol. The molecular weight excluding hydrogens is 497 g/mol. The lowest BCUT2D eigenvalue weighted by molar-refractivity contribution is -0.137. The number of rotatable bonds is 8. The maximum Gasteiger partial charge on any atom is 0.416 e. The fourth-order valence-electron chi connectivity index (χ4n) is 4.53. The Kier molecular flexibility index (Phi) is 7.05. The van der Waals surface area contributed by atoms with E-state index in [-0.39, 0.29) is 11.9 Å². The van der Waals surface area contributed by atoms with Crippen LogP contribution in [0.1, 0.15) is 64.7 Å². The molecule has 1 aliphatic carbocycles. The van der Waals surface area contributed by atoms with Gasteiger partial charge in [0.1, 0.15) is 6.10 Å². The molecule has 1 aliphatic rings. The number of benzene rings is 3. The van der Waals surface area contributed by atoms with Crippen molar-refractivity contribution in [3.05, 3.63) is 101 Å². The number of carbonyl (C=O) groups excluding carboxylic acids is 1. The lowest BCUT2D eigenvalue weighted by atomic mass is 10.0. The van der Waals surface area contributed by atoms with Crippen LogP contribution in [-0.2, 0) is 12.7 Å². The molecule has 0 radical (unpaired) electrons. The first kappa shape index (κ1) is 25.4. The average molecular weight is 525 g/mol. The standard InChI is InChI=1S/C29H27F3N2O2S/c1-2-37-24-12-3-18(4-13-24)17-33-28(36)20-7-14-25-21(15-20)16-26(34(25)23-10-11-23)27(35)19-5-8-22(9-6-19)29(30,31)32/h3-9,12-16,23,27,35H,2,10-11,17H2,1H3,(H,33,36). The third kappa shape index (κ3) is 5.55. The van der Waals surface area contributed by atoms with E-state index in [1.165, 1.54) is 17.0 Å². The van der Waals surface area contributed by atoms with Crippen molar-refractivity contribution in [3.8, 4) is 0 Å². The van der Waals surface area contributed by atoms with Gasteiger partial charge >= 0.3 is 6.18 Å². The maximum atomic E-state index is 13.0. The molecule has 5 rings (SSSR count). The normalized spacial score (nSPS) is 14.6. The molecular formula is C29H27F3N2O2S. The smallest absolute Gasteiger partial charge is 0.382 e. The van der Waals surface area contributed by atoms with Crippen molar-refractivity contribution in [2.75, 3.05) is 5.75 Å². The van der Waals surface area contributed by atoms with Gasteiger partial charge in [0.2, 0.25) is 0 Å². The summed E-state index contributed by atoms with van der Waals surface area (Å²) in [5.74, 6) is 0.808. The van der Waals surface area contributed by atoms with Gasteiger partial charge in [0.15, 0.2) is 0 Å². The summed E-state index contributed by atoms with van der Waals surface area (Å²) in [6.45, 7) is 2.52. The van der Waals surface area contributed by atoms with E-state index in [9.17, 15) is 23.1 Å². The van der Waals surface area contributed by atoms with E-state index in [0.717, 1.165) is 47.2 Å². The van der Waals surface area contributed by atoms with Gasteiger partial charge in [-0.15, -0.1) is 11.8 Å². The Morgan fingerprint density at radius 2 is 1.76 bits per heavy atom. The zero-order valence-corrected chi connectivity index (χ0v) is 21.1. The molecule has 1 aromatic heterocycles. The molecule has 192 valence electrons. The van der Waals surface area contributed by atoms with Gasteiger partial charge in [0.05, 0.1) is 11.3 Å². The number of amides is 1. The number of aliphatic hydroxyl groups excluding tert-OH is 1. The summed E-state index contributed by atoms with van der Waals surface area (Å²) in [6, 6.07) is 20.2. The molecule has 0 aliphatic heterocycles. The van der Waals surface area contributed by atoms with Crippen molar-refractivity contribution in [3.63, 3.8) is 0 Å². The van der Waals surface area contributed by atoms with Gasteiger partial charge in [-0.1, -0.05) is 31.2 Å². The Balaban J connectivity index is 1.37. The van der Waals surface area contributed by atoms with Gasteiger partial charge in [-0.3, -0.25) is 4.79 Å². The summed E-state index contributed by atoms with van der Waals surface area (Å²) >= 11 is 1.77. The molecule has 8 heteroatoms. The second-order valence-corrected chi connectivity index (χ2v) is 10.6. The van der Waals surface area contributed by atoms with Gasteiger partial charge in [-0.05, 0) is 78.3 Å². The van der Waals surface area contributed by atoms with Crippen molar-refractivity contribution in [1.29, 1.82) is 0 Å². The third-order valence-corrected chi connectivity index (χ3v) is 7.46. The number of hydrogen-bond donors (Lipinski definition) is 2. The molecule has 4 nitrogen and oxygen atoms in total. The summed E-state index contributed by atoms with van der Waals surface area (Å²) in [6.07, 6.45) is -3.58. The fourth-order valence-corrected chi connectivity index (χ4v) is 5.19. The Labute approximate surface area is 217 Å². The highest BCUT2D eigenvalue weighted by atomic mass is 32.2. The summed E-state index contributed by atoms with van der Waals surface area (Å²) < 4.78 is 40.9. The van der Waals surface area contributed by atoms with Crippen LogP contribution in [0, 0.1) is 0 Å². The number of carbonyl (C=O) groups is 1. The van der Waals surface area contributed by atoms with E-state index in [2.05, 4.69) is 16.8 Å². The average Bonchev–Trinajstić information content (AvgIpc) is 3.66. The van der Waals surface area contributed by atoms with Crippen LogP contribution in [0.2, 0.25) is 0 Å². The Bertz CT molecular complexity index is 1410. The van der Waals surface area contributed by atoms with Crippen LogP contribution in [0.25, 0.3) is 10.9 Å². The number of fused-ring (bicyclic) bond motifs is 1. The highest BCUT2D eigenvalue weighted by molar-refractivity contribution is 7.99. The Morgan fingerprint density at radius 1 is 1.05 bits per heavy atom. The van der Waals surface area contributed by atoms with Gasteiger partial charge in [0, 0.05) is 33.9 Å². The molecule has 1 heterocycles. The zero-order valence-electron chi connectivity index (χ0n) is 20.3. The number of thioether (sulfide) groups is 1. The van der Waals surface area contributed by atoms with Crippen molar-refractivity contribution in [1.82, 2.24) is 9.88 Å². The van der Waals surface area contributed by atoms with Crippen LogP contribution in [0.3, 0.4) is 0 Å². The topological polar surface area (TPSA) is 54.3 Å². The van der Waals surface area contributed by atoms with Crippen LogP contribution < -0.4 is 5.32 Å². The van der Waals surface area contributed by atoms with Crippen molar-refractivity contribution >= 4 is 28.6 Å². The number of nitrogens with one attached hydrogen (secondary N) is 1. The molecule has 3 aromatic carbocycles. The molecule has 1 atom stereocenters. The molecule has 1 fully saturated rings. The second kappa shape index (κ2) is 10.3. The second-order valence-electron chi connectivity index (χ2n) is 9.23. The summed E-state index contributed by atoms with van der Waals surface area (Å²) in [7, 11) is 0. The molecule has 4 aromatic rings. The summed E-state index contributed by atoms with van der Waals surface area (Å²) in [5.41, 5.74) is 2.66. The van der Waals surface area contributed by atoms with Crippen LogP contribution in [-0.4, -0.2) is 21.3 Å². The fraction of sp³-hybridized carbons (Fsp3) is 0.276. The highest BCUT2D eigenvalue weighted by Gasteiger charge is 2.32. The molecule has 0 spiro atoms. The van der Waals surface area contributed by atoms with Gasteiger partial charge in [0.25, 0.3) is 5.91 Å². The summed E-state index contributed by atoms with van der Waals surface area (Å²) in [4.78, 5) is 14.1. The molecule has 1 saturated carbocycles. The van der Waals surface area contributed by atoms with Crippen LogP contribution in [0.15, 0.2) is 77.7 Å². The van der Waals surface area contributed by atoms with Gasteiger partial charge in [-0.2, -0.15) is 13.2 Å². The highest BCUT2D eigenvalue weighted by Crippen LogP contribution is 2.42. The molecule has 1 amide bonds. The van der Waals surface area contributed by atoms with E-state index in [4.69, 9.17) is 0 Å². The SMILES string of the molecule is CCSc1ccc(CNC(=O)c2ccc3c(c2)cc(C(O)c2ccc(C(F)(F)F)cc2)n3C2CC2)cc1. The minimum absolute atomic E-state index is 0.196.